The van der Waals surface area contributed by atoms with Crippen molar-refractivity contribution in [2.75, 3.05) is 0 Å². The maximum atomic E-state index is 4.19. The molecule has 0 unspecified atom stereocenters. The number of hydrogen-bond donors (Lipinski definition) is 1. The average Bonchev–Trinajstić information content (AvgIpc) is 3.04. The minimum Gasteiger partial charge on any atom is -0.342 e. The number of rotatable bonds is 0. The first-order valence-electron chi connectivity index (χ1n) is 7.36. The fourth-order valence-electron chi connectivity index (χ4n) is 3.17. The van der Waals surface area contributed by atoms with Gasteiger partial charge in [-0.3, -0.25) is 5.10 Å². The molecular formula is C17H21N3. The molecule has 0 atom stereocenters. The van der Waals surface area contributed by atoms with Crippen molar-refractivity contribution in [2.45, 2.75) is 33.6 Å². The van der Waals surface area contributed by atoms with E-state index in [0.717, 1.165) is 12.8 Å². The Hall–Kier alpha value is -2.03. The second kappa shape index (κ2) is 4.82. The number of fused-ring (bicyclic) bond motifs is 5. The van der Waals surface area contributed by atoms with Gasteiger partial charge in [0.2, 0.25) is 0 Å². The molecule has 1 aromatic carbocycles. The Kier molecular flexibility index (Phi) is 3.13. The number of nitrogens with zero attached hydrogens (tertiary/aromatic N) is 2. The molecule has 1 aliphatic rings. The summed E-state index contributed by atoms with van der Waals surface area (Å²) in [6, 6.07) is 6.70. The normalized spacial score (nSPS) is 12.6. The lowest BCUT2D eigenvalue weighted by Gasteiger charge is -2.13. The van der Waals surface area contributed by atoms with Crippen LogP contribution in [0.3, 0.4) is 0 Å². The number of H-pyrrole nitrogens is 1. The third-order valence-corrected chi connectivity index (χ3v) is 4.06. The number of hydrogen-bond acceptors (Lipinski definition) is 1. The van der Waals surface area contributed by atoms with Gasteiger partial charge in [-0.2, -0.15) is 5.10 Å². The van der Waals surface area contributed by atoms with Crippen LogP contribution in [-0.2, 0) is 19.9 Å². The highest BCUT2D eigenvalue weighted by atomic mass is 15.1. The Bertz CT molecular complexity index is 762. The molecule has 0 saturated heterocycles. The Balaban J connectivity index is 0.000000581. The zero-order valence-corrected chi connectivity index (χ0v) is 12.6. The van der Waals surface area contributed by atoms with Gasteiger partial charge in [0.05, 0.1) is 17.6 Å². The second-order valence-electron chi connectivity index (χ2n) is 5.18. The van der Waals surface area contributed by atoms with Crippen LogP contribution in [0.2, 0.25) is 0 Å². The van der Waals surface area contributed by atoms with Gasteiger partial charge in [-0.25, -0.2) is 0 Å². The number of benzene rings is 1. The number of aromatic nitrogens is 3. The van der Waals surface area contributed by atoms with E-state index < -0.39 is 0 Å². The summed E-state index contributed by atoms with van der Waals surface area (Å²) >= 11 is 0. The second-order valence-corrected chi connectivity index (χ2v) is 5.18. The van der Waals surface area contributed by atoms with Crippen LogP contribution in [0.4, 0.5) is 0 Å². The van der Waals surface area contributed by atoms with Crippen molar-refractivity contribution in [3.05, 3.63) is 41.1 Å². The summed E-state index contributed by atoms with van der Waals surface area (Å²) in [4.78, 5) is 0. The van der Waals surface area contributed by atoms with E-state index in [9.17, 15) is 0 Å². The van der Waals surface area contributed by atoms with Crippen LogP contribution < -0.4 is 0 Å². The van der Waals surface area contributed by atoms with Gasteiger partial charge < -0.3 is 4.57 Å². The first-order valence-corrected chi connectivity index (χ1v) is 7.36. The SMILES string of the molecule is CC.Cc1ccc2c(c1)c1c(n2C)-c2[nH]ncc2CC1. The third kappa shape index (κ3) is 1.69. The van der Waals surface area contributed by atoms with E-state index in [-0.39, 0.29) is 0 Å². The van der Waals surface area contributed by atoms with E-state index in [1.54, 1.807) is 0 Å². The van der Waals surface area contributed by atoms with Crippen molar-refractivity contribution in [3.8, 4) is 11.4 Å². The quantitative estimate of drug-likeness (QED) is 0.656. The van der Waals surface area contributed by atoms with Gasteiger partial charge in [0.1, 0.15) is 0 Å². The average molecular weight is 267 g/mol. The van der Waals surface area contributed by atoms with Gasteiger partial charge in [0.25, 0.3) is 0 Å². The number of aromatic amines is 1. The van der Waals surface area contributed by atoms with Gasteiger partial charge >= 0.3 is 0 Å². The summed E-state index contributed by atoms with van der Waals surface area (Å²) in [5.41, 5.74) is 7.96. The minimum atomic E-state index is 1.09. The highest BCUT2D eigenvalue weighted by Crippen LogP contribution is 2.38. The van der Waals surface area contributed by atoms with E-state index >= 15 is 0 Å². The Morgan fingerprint density at radius 3 is 2.80 bits per heavy atom. The van der Waals surface area contributed by atoms with Gasteiger partial charge in [0.15, 0.2) is 0 Å². The van der Waals surface area contributed by atoms with E-state index in [4.69, 9.17) is 0 Å². The summed E-state index contributed by atoms with van der Waals surface area (Å²) in [5.74, 6) is 0. The molecule has 0 aliphatic heterocycles. The molecule has 20 heavy (non-hydrogen) atoms. The standard InChI is InChI=1S/C15H15N3.C2H6/c1-9-3-6-13-12(7-9)11-5-4-10-8-16-17-14(10)15(11)18(13)2;1-2/h3,6-8H,4-5H2,1-2H3,(H,16,17);1-2H3. The molecule has 3 aromatic rings. The topological polar surface area (TPSA) is 33.6 Å². The van der Waals surface area contributed by atoms with E-state index in [2.05, 4.69) is 46.9 Å². The summed E-state index contributed by atoms with van der Waals surface area (Å²) in [6.07, 6.45) is 4.16. The molecule has 2 aromatic heterocycles. The van der Waals surface area contributed by atoms with Crippen molar-refractivity contribution in [3.63, 3.8) is 0 Å². The predicted molar refractivity (Wildman–Crippen MR) is 84.0 cm³/mol. The molecule has 0 bridgehead atoms. The van der Waals surface area contributed by atoms with Gasteiger partial charge in [-0.15, -0.1) is 0 Å². The summed E-state index contributed by atoms with van der Waals surface area (Å²) in [6.45, 7) is 6.16. The van der Waals surface area contributed by atoms with Crippen molar-refractivity contribution in [1.29, 1.82) is 0 Å². The zero-order chi connectivity index (χ0) is 14.3. The molecule has 0 saturated carbocycles. The van der Waals surface area contributed by atoms with Gasteiger partial charge in [-0.05, 0) is 43.0 Å². The van der Waals surface area contributed by atoms with Crippen molar-refractivity contribution < 1.29 is 0 Å². The third-order valence-electron chi connectivity index (χ3n) is 4.06. The van der Waals surface area contributed by atoms with Gasteiger partial charge in [-0.1, -0.05) is 25.5 Å². The van der Waals surface area contributed by atoms with Crippen LogP contribution >= 0.6 is 0 Å². The molecule has 3 heteroatoms. The number of aryl methyl sites for hydroxylation is 4. The molecule has 1 N–H and O–H groups in total. The van der Waals surface area contributed by atoms with E-state index in [1.165, 1.54) is 39.0 Å². The molecule has 0 spiro atoms. The molecule has 0 amide bonds. The highest BCUT2D eigenvalue weighted by Gasteiger charge is 2.24. The Labute approximate surface area is 119 Å². The maximum Gasteiger partial charge on any atom is 0.0849 e. The van der Waals surface area contributed by atoms with Crippen LogP contribution in [0.15, 0.2) is 24.4 Å². The first kappa shape index (κ1) is 13.0. The minimum absolute atomic E-state index is 1.09. The van der Waals surface area contributed by atoms with Crippen LogP contribution in [0.1, 0.15) is 30.5 Å². The predicted octanol–water partition coefficient (Wildman–Crippen LogP) is 4.00. The Morgan fingerprint density at radius 1 is 1.20 bits per heavy atom. The van der Waals surface area contributed by atoms with E-state index in [0.29, 0.717) is 0 Å². The highest BCUT2D eigenvalue weighted by molar-refractivity contribution is 5.92. The van der Waals surface area contributed by atoms with Crippen LogP contribution in [0.25, 0.3) is 22.3 Å². The first-order chi connectivity index (χ1) is 9.75. The fourth-order valence-corrected chi connectivity index (χ4v) is 3.17. The van der Waals surface area contributed by atoms with Crippen molar-refractivity contribution in [1.82, 2.24) is 14.8 Å². The lowest BCUT2D eigenvalue weighted by atomic mass is 9.94. The van der Waals surface area contributed by atoms with Crippen LogP contribution in [0, 0.1) is 6.92 Å². The molecule has 0 radical (unpaired) electrons. The molecule has 1 aliphatic carbocycles. The van der Waals surface area contributed by atoms with Gasteiger partial charge in [0, 0.05) is 18.0 Å². The fraction of sp³-hybridized carbons (Fsp3) is 0.353. The molecule has 4 rings (SSSR count). The Morgan fingerprint density at radius 2 is 2.00 bits per heavy atom. The monoisotopic (exact) mass is 267 g/mol. The summed E-state index contributed by atoms with van der Waals surface area (Å²) in [5, 5.41) is 8.75. The smallest absolute Gasteiger partial charge is 0.0849 e. The van der Waals surface area contributed by atoms with Crippen molar-refractivity contribution in [2.24, 2.45) is 7.05 Å². The zero-order valence-electron chi connectivity index (χ0n) is 12.6. The maximum absolute atomic E-state index is 4.19. The summed E-state index contributed by atoms with van der Waals surface area (Å²) < 4.78 is 2.29. The number of nitrogens with one attached hydrogen (secondary N) is 1. The molecule has 0 fully saturated rings. The van der Waals surface area contributed by atoms with Crippen LogP contribution in [-0.4, -0.2) is 14.8 Å². The van der Waals surface area contributed by atoms with E-state index in [1.807, 2.05) is 20.0 Å². The lowest BCUT2D eigenvalue weighted by molar-refractivity contribution is 0.897. The molecule has 2 heterocycles. The van der Waals surface area contributed by atoms with Crippen LogP contribution in [0.5, 0.6) is 0 Å². The largest absolute Gasteiger partial charge is 0.342 e. The summed E-state index contributed by atoms with van der Waals surface area (Å²) in [7, 11) is 2.15. The molecular weight excluding hydrogens is 246 g/mol. The lowest BCUT2D eigenvalue weighted by Crippen LogP contribution is -2.04. The van der Waals surface area contributed by atoms with Crippen molar-refractivity contribution >= 4 is 10.9 Å². The molecule has 104 valence electrons. The molecule has 3 nitrogen and oxygen atoms in total.